The Morgan fingerprint density at radius 3 is 1.28 bits per heavy atom. The average Bonchev–Trinajstić information content (AvgIpc) is 3.71. The van der Waals surface area contributed by atoms with Gasteiger partial charge in [0, 0.05) is 6.42 Å². The van der Waals surface area contributed by atoms with Gasteiger partial charge in [-0.2, -0.15) is 0 Å². The second-order valence-electron chi connectivity index (χ2n) is 22.1. The van der Waals surface area contributed by atoms with E-state index < -0.39 is 124 Å². The lowest BCUT2D eigenvalue weighted by molar-refractivity contribution is -0.379. The number of hydrogen-bond donors (Lipinski definition) is 12. The van der Waals surface area contributed by atoms with Crippen molar-refractivity contribution < 1.29 is 89.4 Å². The molecule has 0 spiro atoms. The van der Waals surface area contributed by atoms with E-state index in [1.165, 1.54) is 0 Å². The molecule has 17 atom stereocenters. The third-order valence-corrected chi connectivity index (χ3v) is 14.9. The Morgan fingerprint density at radius 2 is 0.805 bits per heavy atom. The fraction of sp³-hybridized carbons (Fsp3) is 0.662. The first-order chi connectivity index (χ1) is 42.3. The molecule has 0 aliphatic carbocycles. The fourth-order valence-electron chi connectivity index (χ4n) is 9.71. The summed E-state index contributed by atoms with van der Waals surface area (Å²) in [5, 5.41) is 120. The van der Waals surface area contributed by atoms with Gasteiger partial charge in [-0.05, 0) is 103 Å². The molecule has 19 nitrogen and oxygen atoms in total. The van der Waals surface area contributed by atoms with Crippen LogP contribution in [0, 0.1) is 0 Å². The number of unbranched alkanes of at least 4 members (excludes halogenated alkanes) is 9. The number of amides is 1. The van der Waals surface area contributed by atoms with Crippen LogP contribution >= 0.6 is 0 Å². The first kappa shape index (κ1) is 77.2. The summed E-state index contributed by atoms with van der Waals surface area (Å²) in [5.74, 6) is -0.314. The molecule has 0 radical (unpaired) electrons. The van der Waals surface area contributed by atoms with Crippen LogP contribution < -0.4 is 5.32 Å². The Bertz CT molecular complexity index is 2100. The van der Waals surface area contributed by atoms with Gasteiger partial charge in [-0.3, -0.25) is 4.79 Å². The number of aliphatic hydroxyl groups is 11. The van der Waals surface area contributed by atoms with Crippen LogP contribution in [0.25, 0.3) is 0 Å². The van der Waals surface area contributed by atoms with Gasteiger partial charge in [-0.25, -0.2) is 0 Å². The molecule has 3 aliphatic rings. The van der Waals surface area contributed by atoms with Gasteiger partial charge < -0.3 is 89.9 Å². The zero-order valence-electron chi connectivity index (χ0n) is 51.7. The van der Waals surface area contributed by atoms with Crippen molar-refractivity contribution in [2.45, 2.75) is 259 Å². The van der Waals surface area contributed by atoms with Crippen LogP contribution in [0.2, 0.25) is 0 Å². The van der Waals surface area contributed by atoms with Crippen molar-refractivity contribution in [1.29, 1.82) is 0 Å². The Kier molecular flexibility index (Phi) is 43.2. The molecule has 0 bridgehead atoms. The summed E-state index contributed by atoms with van der Waals surface area (Å²) in [6, 6.07) is -1.01. The molecule has 3 saturated heterocycles. The van der Waals surface area contributed by atoms with E-state index in [4.69, 9.17) is 28.4 Å². The summed E-state index contributed by atoms with van der Waals surface area (Å²) in [4.78, 5) is 13.3. The molecule has 1 amide bonds. The van der Waals surface area contributed by atoms with Crippen LogP contribution in [0.3, 0.4) is 0 Å². The van der Waals surface area contributed by atoms with Crippen molar-refractivity contribution in [2.24, 2.45) is 0 Å². The monoisotopic (exact) mass is 1230 g/mol. The normalized spacial score (nSPS) is 29.5. The summed E-state index contributed by atoms with van der Waals surface area (Å²) in [6.45, 7) is 1.45. The highest BCUT2D eigenvalue weighted by atomic mass is 16.8. The zero-order valence-corrected chi connectivity index (χ0v) is 51.7. The molecular weight excluding hydrogens is 1120 g/mol. The van der Waals surface area contributed by atoms with Crippen molar-refractivity contribution in [3.8, 4) is 0 Å². The maximum absolute atomic E-state index is 13.3. The molecule has 3 rings (SSSR count). The third kappa shape index (κ3) is 31.5. The number of hydrogen-bond acceptors (Lipinski definition) is 18. The minimum absolute atomic E-state index is 0.204. The minimum Gasteiger partial charge on any atom is -0.394 e. The quantitative estimate of drug-likeness (QED) is 0.0215. The number of nitrogens with one attached hydrogen (secondary N) is 1. The van der Waals surface area contributed by atoms with E-state index in [2.05, 4.69) is 141 Å². The van der Waals surface area contributed by atoms with Gasteiger partial charge in [0.1, 0.15) is 73.2 Å². The molecule has 87 heavy (non-hydrogen) atoms. The molecule has 0 aromatic carbocycles. The fourth-order valence-corrected chi connectivity index (χ4v) is 9.71. The van der Waals surface area contributed by atoms with Crippen molar-refractivity contribution >= 4 is 5.91 Å². The Balaban J connectivity index is 1.42. The van der Waals surface area contributed by atoms with Gasteiger partial charge in [0.05, 0.1) is 38.6 Å². The Hall–Kier alpha value is -4.07. The molecule has 19 heteroatoms. The third-order valence-electron chi connectivity index (χ3n) is 14.9. The standard InChI is InChI=1S/C68H109NO18/c1-3-5-7-9-11-13-15-16-17-18-19-20-21-22-23-24-25-26-27-28-29-30-31-32-33-34-36-38-40-42-44-46-56(74)69-51(52(73)45-43-41-39-37-35-14-12-10-8-6-4-2)50-82-66-62(80)59(77)64(54(48-71)84-66)87-68-63(81)60(78)65(55(49-72)85-68)86-67-61(79)58(76)57(75)53(47-70)83-67/h5,7-8,10-11,13,16-17,19-20,22-23,25-26,28-29,31-32,35,37,43,45,51-55,57-68,70-73,75-81H,3-4,6,9,12,14-15,18,21,24,27,30,33-34,36,38-42,44,46-50H2,1-2H3,(H,69,74)/b7-5-,10-8+,13-11-,17-16-,20-19-,23-22-,26-25-,29-28-,32-31-,37-35+,45-43+. The van der Waals surface area contributed by atoms with Gasteiger partial charge in [0.2, 0.25) is 5.91 Å². The topological polar surface area (TPSA) is 307 Å². The van der Waals surface area contributed by atoms with Crippen molar-refractivity contribution in [1.82, 2.24) is 5.32 Å². The molecule has 0 aromatic rings. The number of ether oxygens (including phenoxy) is 6. The molecule has 3 heterocycles. The van der Waals surface area contributed by atoms with Gasteiger partial charge in [-0.15, -0.1) is 0 Å². The van der Waals surface area contributed by atoms with Gasteiger partial charge in [0.25, 0.3) is 0 Å². The highest BCUT2D eigenvalue weighted by Gasteiger charge is 2.53. The lowest BCUT2D eigenvalue weighted by Gasteiger charge is -2.48. The van der Waals surface area contributed by atoms with E-state index in [-0.39, 0.29) is 18.9 Å². The molecule has 3 fully saturated rings. The molecule has 12 N–H and O–H groups in total. The highest BCUT2D eigenvalue weighted by molar-refractivity contribution is 5.76. The van der Waals surface area contributed by atoms with E-state index in [1.54, 1.807) is 12.2 Å². The van der Waals surface area contributed by atoms with Crippen LogP contribution in [0.4, 0.5) is 0 Å². The smallest absolute Gasteiger partial charge is 0.220 e. The average molecular weight is 1230 g/mol. The molecular formula is C68H109NO18. The molecule has 0 aromatic heterocycles. The number of rotatable bonds is 45. The summed E-state index contributed by atoms with van der Waals surface area (Å²) in [5.41, 5.74) is 0. The maximum Gasteiger partial charge on any atom is 0.220 e. The molecule has 17 unspecified atom stereocenters. The summed E-state index contributed by atoms with van der Waals surface area (Å²) < 4.78 is 34.2. The largest absolute Gasteiger partial charge is 0.394 e. The number of carbonyl (C=O) groups excluding carboxylic acids is 1. The second-order valence-corrected chi connectivity index (χ2v) is 22.1. The Labute approximate surface area is 518 Å². The highest BCUT2D eigenvalue weighted by Crippen LogP contribution is 2.33. The van der Waals surface area contributed by atoms with Crippen molar-refractivity contribution in [3.05, 3.63) is 134 Å². The van der Waals surface area contributed by atoms with Crippen molar-refractivity contribution in [3.63, 3.8) is 0 Å². The Morgan fingerprint density at radius 1 is 0.425 bits per heavy atom. The van der Waals surface area contributed by atoms with Crippen LogP contribution in [-0.2, 0) is 33.2 Å². The van der Waals surface area contributed by atoms with Crippen LogP contribution in [0.15, 0.2) is 134 Å². The van der Waals surface area contributed by atoms with E-state index in [1.807, 2.05) is 0 Å². The first-order valence-electron chi connectivity index (χ1n) is 31.9. The van der Waals surface area contributed by atoms with Crippen molar-refractivity contribution in [2.75, 3.05) is 26.4 Å². The summed E-state index contributed by atoms with van der Waals surface area (Å²) >= 11 is 0. The molecule has 494 valence electrons. The maximum atomic E-state index is 13.3. The van der Waals surface area contributed by atoms with E-state index in [9.17, 15) is 61.0 Å². The van der Waals surface area contributed by atoms with Gasteiger partial charge >= 0.3 is 0 Å². The predicted octanol–water partition coefficient (Wildman–Crippen LogP) is 7.04. The first-order valence-corrected chi connectivity index (χ1v) is 31.9. The van der Waals surface area contributed by atoms with Gasteiger partial charge in [0.15, 0.2) is 18.9 Å². The SMILES string of the molecule is CC/C=C\C/C=C\C/C=C\C/C=C\C/C=C\C/C=C\C/C=C\C/C=C\CCCCCCCCC(=O)NC(COC1OC(CO)C(OC2OC(CO)C(OC3OC(CO)C(O)C(O)C3O)C(O)C2O)C(O)C1O)C(O)/C=C/CC/C=C/CC/C=C/CCC. The number of aliphatic hydroxyl groups excluding tert-OH is 11. The lowest BCUT2D eigenvalue weighted by Crippen LogP contribution is -2.66. The minimum atomic E-state index is -1.99. The second kappa shape index (κ2) is 48.7. The summed E-state index contributed by atoms with van der Waals surface area (Å²) in [7, 11) is 0. The molecule has 3 aliphatic heterocycles. The summed E-state index contributed by atoms with van der Waals surface area (Å²) in [6.07, 6.45) is 40.2. The van der Waals surface area contributed by atoms with Crippen LogP contribution in [0.5, 0.6) is 0 Å². The van der Waals surface area contributed by atoms with E-state index in [0.717, 1.165) is 122 Å². The lowest BCUT2D eigenvalue weighted by atomic mass is 9.96. The van der Waals surface area contributed by atoms with Crippen LogP contribution in [-0.4, -0.2) is 193 Å². The van der Waals surface area contributed by atoms with E-state index >= 15 is 0 Å². The predicted molar refractivity (Wildman–Crippen MR) is 336 cm³/mol. The van der Waals surface area contributed by atoms with Gasteiger partial charge in [-0.1, -0.05) is 180 Å². The number of allylic oxidation sites excluding steroid dienone is 21. The zero-order chi connectivity index (χ0) is 63.3. The van der Waals surface area contributed by atoms with Crippen LogP contribution in [0.1, 0.15) is 155 Å². The molecule has 0 saturated carbocycles. The number of carbonyl (C=O) groups is 1. The van der Waals surface area contributed by atoms with E-state index in [0.29, 0.717) is 12.8 Å².